The minimum atomic E-state index is -4.78. The van der Waals surface area contributed by atoms with E-state index in [-0.39, 0.29) is 5.56 Å². The van der Waals surface area contributed by atoms with Crippen LogP contribution < -0.4 is 4.74 Å². The molecule has 0 unspecified atom stereocenters. The molecule has 2 aromatic rings. The van der Waals surface area contributed by atoms with Gasteiger partial charge >= 0.3 is 6.36 Å². The Kier molecular flexibility index (Phi) is 4.18. The summed E-state index contributed by atoms with van der Waals surface area (Å²) in [6, 6.07) is 8.23. The number of carbonyl (C=O) groups excluding carboxylic acids is 1. The highest BCUT2D eigenvalue weighted by Gasteiger charge is 2.31. The zero-order valence-corrected chi connectivity index (χ0v) is 11.0. The Morgan fingerprint density at radius 2 is 1.67 bits per heavy atom. The standard InChI is InChI=1S/C14H7ClF4O2/c15-13(20)12-7-9(16)3-6-11(12)8-1-4-10(5-2-8)21-14(17,18)19/h1-7H. The molecule has 0 radical (unpaired) electrons. The molecule has 0 aliphatic carbocycles. The number of alkyl halides is 3. The third kappa shape index (κ3) is 3.95. The number of halogens is 5. The van der Waals surface area contributed by atoms with E-state index in [2.05, 4.69) is 4.74 Å². The minimum absolute atomic E-state index is 0.0684. The van der Waals surface area contributed by atoms with E-state index in [9.17, 15) is 22.4 Å². The summed E-state index contributed by atoms with van der Waals surface area (Å²) in [4.78, 5) is 11.3. The third-order valence-electron chi connectivity index (χ3n) is 2.59. The second-order valence-electron chi connectivity index (χ2n) is 4.04. The quantitative estimate of drug-likeness (QED) is 0.602. The van der Waals surface area contributed by atoms with Crippen LogP contribution in [-0.4, -0.2) is 11.6 Å². The molecule has 2 rings (SSSR count). The van der Waals surface area contributed by atoms with E-state index in [1.54, 1.807) is 0 Å². The molecule has 0 atom stereocenters. The van der Waals surface area contributed by atoms with Gasteiger partial charge in [-0.3, -0.25) is 4.79 Å². The summed E-state index contributed by atoms with van der Waals surface area (Å²) < 4.78 is 53.0. The molecule has 0 aliphatic rings. The number of carbonyl (C=O) groups is 1. The van der Waals surface area contributed by atoms with Gasteiger partial charge in [0.2, 0.25) is 0 Å². The fourth-order valence-electron chi connectivity index (χ4n) is 1.77. The summed E-state index contributed by atoms with van der Waals surface area (Å²) in [5, 5.41) is -0.861. The molecule has 0 heterocycles. The van der Waals surface area contributed by atoms with Crippen molar-refractivity contribution in [1.82, 2.24) is 0 Å². The van der Waals surface area contributed by atoms with Crippen LogP contribution in [0, 0.1) is 5.82 Å². The summed E-state index contributed by atoms with van der Waals surface area (Å²) in [7, 11) is 0. The van der Waals surface area contributed by atoms with Gasteiger partial charge in [0.05, 0.1) is 0 Å². The van der Waals surface area contributed by atoms with Crippen molar-refractivity contribution in [1.29, 1.82) is 0 Å². The van der Waals surface area contributed by atoms with Crippen LogP contribution in [0.3, 0.4) is 0 Å². The zero-order valence-electron chi connectivity index (χ0n) is 10.2. The summed E-state index contributed by atoms with van der Waals surface area (Å²) in [5.74, 6) is -1.04. The molecular weight excluding hydrogens is 312 g/mol. The highest BCUT2D eigenvalue weighted by atomic mass is 35.5. The van der Waals surface area contributed by atoms with Crippen molar-refractivity contribution < 1.29 is 27.1 Å². The van der Waals surface area contributed by atoms with Crippen LogP contribution in [0.2, 0.25) is 0 Å². The van der Waals surface area contributed by atoms with Crippen LogP contribution >= 0.6 is 11.6 Å². The summed E-state index contributed by atoms with van der Waals surface area (Å²) in [6.45, 7) is 0. The van der Waals surface area contributed by atoms with Crippen molar-refractivity contribution in [2.24, 2.45) is 0 Å². The van der Waals surface area contributed by atoms with Gasteiger partial charge in [0, 0.05) is 5.56 Å². The van der Waals surface area contributed by atoms with E-state index >= 15 is 0 Å². The van der Waals surface area contributed by atoms with Gasteiger partial charge in [-0.25, -0.2) is 4.39 Å². The van der Waals surface area contributed by atoms with Gasteiger partial charge in [-0.1, -0.05) is 18.2 Å². The van der Waals surface area contributed by atoms with E-state index in [0.717, 1.165) is 24.3 Å². The van der Waals surface area contributed by atoms with E-state index in [0.29, 0.717) is 11.1 Å². The minimum Gasteiger partial charge on any atom is -0.406 e. The van der Waals surface area contributed by atoms with Crippen LogP contribution in [0.4, 0.5) is 17.6 Å². The first kappa shape index (κ1) is 15.3. The van der Waals surface area contributed by atoms with Crippen molar-refractivity contribution in [3.63, 3.8) is 0 Å². The van der Waals surface area contributed by atoms with Gasteiger partial charge < -0.3 is 4.74 Å². The van der Waals surface area contributed by atoms with Crippen molar-refractivity contribution in [2.75, 3.05) is 0 Å². The average molecular weight is 319 g/mol. The number of ether oxygens (including phenoxy) is 1. The SMILES string of the molecule is O=C(Cl)c1cc(F)ccc1-c1ccc(OC(F)(F)F)cc1. The van der Waals surface area contributed by atoms with Gasteiger partial charge in [0.15, 0.2) is 0 Å². The zero-order chi connectivity index (χ0) is 15.6. The number of rotatable bonds is 3. The summed E-state index contributed by atoms with van der Waals surface area (Å²) >= 11 is 5.37. The van der Waals surface area contributed by atoms with Gasteiger partial charge in [0.25, 0.3) is 5.24 Å². The normalized spacial score (nSPS) is 11.3. The van der Waals surface area contributed by atoms with Crippen LogP contribution in [0.25, 0.3) is 11.1 Å². The topological polar surface area (TPSA) is 26.3 Å². The lowest BCUT2D eigenvalue weighted by atomic mass is 10.00. The predicted octanol–water partition coefficient (Wildman–Crippen LogP) is 4.77. The Morgan fingerprint density at radius 1 is 1.05 bits per heavy atom. The first-order valence-corrected chi connectivity index (χ1v) is 5.99. The molecule has 110 valence electrons. The van der Waals surface area contributed by atoms with Gasteiger partial charge in [0.1, 0.15) is 11.6 Å². The van der Waals surface area contributed by atoms with Crippen LogP contribution in [0.15, 0.2) is 42.5 Å². The highest BCUT2D eigenvalue weighted by molar-refractivity contribution is 6.68. The van der Waals surface area contributed by atoms with Crippen molar-refractivity contribution in [3.05, 3.63) is 53.8 Å². The highest BCUT2D eigenvalue weighted by Crippen LogP contribution is 2.29. The Morgan fingerprint density at radius 3 is 2.19 bits per heavy atom. The number of hydrogen-bond acceptors (Lipinski definition) is 2. The average Bonchev–Trinajstić information content (AvgIpc) is 2.38. The lowest BCUT2D eigenvalue weighted by Gasteiger charge is -2.10. The molecule has 0 aromatic heterocycles. The number of hydrogen-bond donors (Lipinski definition) is 0. The molecule has 0 fully saturated rings. The van der Waals surface area contributed by atoms with Crippen LogP contribution in [0.5, 0.6) is 5.75 Å². The third-order valence-corrected chi connectivity index (χ3v) is 2.80. The maximum Gasteiger partial charge on any atom is 0.573 e. The Labute approximate surface area is 121 Å². The smallest absolute Gasteiger partial charge is 0.406 e. The van der Waals surface area contributed by atoms with Gasteiger partial charge in [-0.05, 0) is 47.0 Å². The second-order valence-corrected chi connectivity index (χ2v) is 4.38. The fraction of sp³-hybridized carbons (Fsp3) is 0.0714. The predicted molar refractivity (Wildman–Crippen MR) is 68.7 cm³/mol. The molecule has 0 spiro atoms. The molecule has 0 bridgehead atoms. The van der Waals surface area contributed by atoms with E-state index < -0.39 is 23.2 Å². The van der Waals surface area contributed by atoms with Gasteiger partial charge in [-0.15, -0.1) is 13.2 Å². The molecular formula is C14H7ClF4O2. The van der Waals surface area contributed by atoms with Gasteiger partial charge in [-0.2, -0.15) is 0 Å². The fourth-order valence-corrected chi connectivity index (χ4v) is 1.92. The largest absolute Gasteiger partial charge is 0.573 e. The molecule has 0 saturated carbocycles. The van der Waals surface area contributed by atoms with Crippen molar-refractivity contribution in [3.8, 4) is 16.9 Å². The molecule has 7 heteroatoms. The van der Waals surface area contributed by atoms with Crippen molar-refractivity contribution >= 4 is 16.8 Å². The molecule has 21 heavy (non-hydrogen) atoms. The van der Waals surface area contributed by atoms with E-state index in [1.165, 1.54) is 18.2 Å². The molecule has 0 amide bonds. The molecule has 0 saturated heterocycles. The van der Waals surface area contributed by atoms with Crippen molar-refractivity contribution in [2.45, 2.75) is 6.36 Å². The molecule has 0 N–H and O–H groups in total. The maximum absolute atomic E-state index is 13.1. The summed E-state index contributed by atoms with van der Waals surface area (Å²) in [6.07, 6.45) is -4.78. The van der Waals surface area contributed by atoms with E-state index in [4.69, 9.17) is 11.6 Å². The lowest BCUT2D eigenvalue weighted by Crippen LogP contribution is -2.16. The first-order chi connectivity index (χ1) is 9.76. The number of benzene rings is 2. The maximum atomic E-state index is 13.1. The molecule has 2 nitrogen and oxygen atoms in total. The van der Waals surface area contributed by atoms with Crippen LogP contribution in [0.1, 0.15) is 10.4 Å². The second kappa shape index (κ2) is 5.73. The van der Waals surface area contributed by atoms with Crippen LogP contribution in [-0.2, 0) is 0 Å². The molecule has 2 aromatic carbocycles. The Bertz CT molecular complexity index is 666. The molecule has 0 aliphatic heterocycles. The first-order valence-electron chi connectivity index (χ1n) is 5.62. The lowest BCUT2D eigenvalue weighted by molar-refractivity contribution is -0.274. The van der Waals surface area contributed by atoms with E-state index in [1.807, 2.05) is 0 Å². The monoisotopic (exact) mass is 318 g/mol. The summed E-state index contributed by atoms with van der Waals surface area (Å²) in [5.41, 5.74) is 0.657. The Hall–Kier alpha value is -2.08. The Balaban J connectivity index is 2.37.